The minimum Gasteiger partial charge on any atom is -0.507 e. The first-order chi connectivity index (χ1) is 10.8. The highest BCUT2D eigenvalue weighted by molar-refractivity contribution is 5.84. The lowest BCUT2D eigenvalue weighted by Crippen LogP contribution is -2.11. The minimum atomic E-state index is 0.115. The SMILES string of the molecule is Oc1ccccc1-c1cc2c(C3CCCCO3)c[nH]c2nn1. The van der Waals surface area contributed by atoms with Gasteiger partial charge in [0.05, 0.1) is 11.8 Å². The monoisotopic (exact) mass is 295 g/mol. The quantitative estimate of drug-likeness (QED) is 0.758. The van der Waals surface area contributed by atoms with Gasteiger partial charge in [0.2, 0.25) is 0 Å². The van der Waals surface area contributed by atoms with Gasteiger partial charge in [0.1, 0.15) is 5.75 Å². The van der Waals surface area contributed by atoms with Crippen LogP contribution >= 0.6 is 0 Å². The Labute approximate surface area is 128 Å². The number of para-hydroxylation sites is 1. The van der Waals surface area contributed by atoms with Gasteiger partial charge < -0.3 is 14.8 Å². The van der Waals surface area contributed by atoms with Crippen molar-refractivity contribution in [2.75, 3.05) is 6.61 Å². The molecular weight excluding hydrogens is 278 g/mol. The summed E-state index contributed by atoms with van der Waals surface area (Å²) in [5.74, 6) is 0.210. The fourth-order valence-corrected chi connectivity index (χ4v) is 3.02. The van der Waals surface area contributed by atoms with E-state index in [0.717, 1.165) is 36.0 Å². The zero-order valence-corrected chi connectivity index (χ0v) is 12.1. The van der Waals surface area contributed by atoms with Crippen LogP contribution in [0, 0.1) is 0 Å². The molecule has 1 aromatic carbocycles. The number of fused-ring (bicyclic) bond motifs is 1. The van der Waals surface area contributed by atoms with Crippen LogP contribution in [0.1, 0.15) is 30.9 Å². The molecule has 2 aromatic heterocycles. The third-order valence-electron chi connectivity index (χ3n) is 4.18. The number of aromatic amines is 1. The predicted molar refractivity (Wildman–Crippen MR) is 83.5 cm³/mol. The van der Waals surface area contributed by atoms with Crippen molar-refractivity contribution in [2.24, 2.45) is 0 Å². The Bertz CT molecular complexity index is 807. The highest BCUT2D eigenvalue weighted by Crippen LogP contribution is 2.34. The van der Waals surface area contributed by atoms with Gasteiger partial charge in [-0.3, -0.25) is 0 Å². The summed E-state index contributed by atoms with van der Waals surface area (Å²) in [6, 6.07) is 9.14. The second-order valence-electron chi connectivity index (χ2n) is 5.61. The zero-order chi connectivity index (χ0) is 14.9. The molecule has 4 rings (SSSR count). The first-order valence-corrected chi connectivity index (χ1v) is 7.57. The van der Waals surface area contributed by atoms with Crippen LogP contribution in [-0.4, -0.2) is 26.9 Å². The van der Waals surface area contributed by atoms with E-state index >= 15 is 0 Å². The van der Waals surface area contributed by atoms with Gasteiger partial charge in [-0.1, -0.05) is 12.1 Å². The molecule has 5 heteroatoms. The van der Waals surface area contributed by atoms with Gasteiger partial charge in [-0.25, -0.2) is 0 Å². The summed E-state index contributed by atoms with van der Waals surface area (Å²) in [7, 11) is 0. The molecule has 0 spiro atoms. The number of hydrogen-bond donors (Lipinski definition) is 2. The van der Waals surface area contributed by atoms with Gasteiger partial charge in [-0.05, 0) is 37.5 Å². The molecule has 1 fully saturated rings. The van der Waals surface area contributed by atoms with E-state index < -0.39 is 0 Å². The summed E-state index contributed by atoms with van der Waals surface area (Å²) < 4.78 is 5.88. The molecular formula is C17H17N3O2. The van der Waals surface area contributed by atoms with E-state index in [1.165, 1.54) is 6.42 Å². The van der Waals surface area contributed by atoms with Gasteiger partial charge in [-0.2, -0.15) is 0 Å². The Morgan fingerprint density at radius 2 is 2.09 bits per heavy atom. The van der Waals surface area contributed by atoms with Gasteiger partial charge in [0, 0.05) is 29.3 Å². The molecule has 0 saturated carbocycles. The first-order valence-electron chi connectivity index (χ1n) is 7.57. The van der Waals surface area contributed by atoms with Crippen LogP contribution in [0.4, 0.5) is 0 Å². The van der Waals surface area contributed by atoms with Crippen molar-refractivity contribution >= 4 is 11.0 Å². The molecule has 2 N–H and O–H groups in total. The third kappa shape index (κ3) is 2.23. The Morgan fingerprint density at radius 3 is 2.91 bits per heavy atom. The van der Waals surface area contributed by atoms with Gasteiger partial charge in [0.15, 0.2) is 5.65 Å². The zero-order valence-electron chi connectivity index (χ0n) is 12.1. The summed E-state index contributed by atoms with van der Waals surface area (Å²) in [5, 5.41) is 19.5. The molecule has 0 amide bonds. The predicted octanol–water partition coefficient (Wildman–Crippen LogP) is 3.57. The maximum atomic E-state index is 10.0. The molecule has 112 valence electrons. The summed E-state index contributed by atoms with van der Waals surface area (Å²) in [4.78, 5) is 3.16. The lowest BCUT2D eigenvalue weighted by molar-refractivity contribution is 0.0158. The van der Waals surface area contributed by atoms with Crippen LogP contribution < -0.4 is 0 Å². The highest BCUT2D eigenvalue weighted by atomic mass is 16.5. The molecule has 5 nitrogen and oxygen atoms in total. The number of aromatic hydroxyl groups is 1. The van der Waals surface area contributed by atoms with E-state index in [0.29, 0.717) is 11.3 Å². The lowest BCUT2D eigenvalue weighted by atomic mass is 10.0. The molecule has 1 aliphatic heterocycles. The lowest BCUT2D eigenvalue weighted by Gasteiger charge is -2.22. The molecule has 3 heterocycles. The average Bonchev–Trinajstić information content (AvgIpc) is 2.99. The molecule has 22 heavy (non-hydrogen) atoms. The normalized spacial score (nSPS) is 18.6. The molecule has 0 bridgehead atoms. The van der Waals surface area contributed by atoms with Crippen LogP contribution in [-0.2, 0) is 4.74 Å². The fourth-order valence-electron chi connectivity index (χ4n) is 3.02. The minimum absolute atomic E-state index is 0.115. The van der Waals surface area contributed by atoms with E-state index in [-0.39, 0.29) is 11.9 Å². The van der Waals surface area contributed by atoms with Crippen molar-refractivity contribution in [1.29, 1.82) is 0 Å². The van der Waals surface area contributed by atoms with E-state index in [1.54, 1.807) is 12.1 Å². The van der Waals surface area contributed by atoms with Crippen molar-refractivity contribution in [2.45, 2.75) is 25.4 Å². The average molecular weight is 295 g/mol. The number of rotatable bonds is 2. The largest absolute Gasteiger partial charge is 0.507 e. The van der Waals surface area contributed by atoms with Crippen molar-refractivity contribution in [1.82, 2.24) is 15.2 Å². The Hall–Kier alpha value is -2.40. The number of nitrogens with zero attached hydrogens (tertiary/aromatic N) is 2. The van der Waals surface area contributed by atoms with E-state index in [9.17, 15) is 5.11 Å². The number of ether oxygens (including phenoxy) is 1. The number of aromatic nitrogens is 3. The highest BCUT2D eigenvalue weighted by Gasteiger charge is 2.20. The van der Waals surface area contributed by atoms with Crippen LogP contribution in [0.25, 0.3) is 22.3 Å². The van der Waals surface area contributed by atoms with Crippen molar-refractivity contribution < 1.29 is 9.84 Å². The van der Waals surface area contributed by atoms with E-state index in [1.807, 2.05) is 24.4 Å². The second kappa shape index (κ2) is 5.42. The van der Waals surface area contributed by atoms with Gasteiger partial charge in [-0.15, -0.1) is 10.2 Å². The molecule has 1 saturated heterocycles. The van der Waals surface area contributed by atoms with Crippen molar-refractivity contribution in [3.63, 3.8) is 0 Å². The summed E-state index contributed by atoms with van der Waals surface area (Å²) in [6.45, 7) is 0.808. The number of H-pyrrole nitrogens is 1. The number of hydrogen-bond acceptors (Lipinski definition) is 4. The molecule has 1 atom stereocenters. The van der Waals surface area contributed by atoms with Crippen molar-refractivity contribution in [3.8, 4) is 17.0 Å². The van der Waals surface area contributed by atoms with Gasteiger partial charge in [0.25, 0.3) is 0 Å². The van der Waals surface area contributed by atoms with Crippen LogP contribution in [0.5, 0.6) is 5.75 Å². The summed E-state index contributed by atoms with van der Waals surface area (Å²) in [5.41, 5.74) is 3.24. The van der Waals surface area contributed by atoms with Crippen LogP contribution in [0.15, 0.2) is 36.5 Å². The smallest absolute Gasteiger partial charge is 0.160 e. The van der Waals surface area contributed by atoms with Crippen LogP contribution in [0.2, 0.25) is 0 Å². The van der Waals surface area contributed by atoms with Gasteiger partial charge >= 0.3 is 0 Å². The number of benzene rings is 1. The molecule has 0 aliphatic carbocycles. The maximum Gasteiger partial charge on any atom is 0.160 e. The molecule has 1 unspecified atom stereocenters. The topological polar surface area (TPSA) is 71.0 Å². The fraction of sp³-hybridized carbons (Fsp3) is 0.294. The van der Waals surface area contributed by atoms with Crippen LogP contribution in [0.3, 0.4) is 0 Å². The Morgan fingerprint density at radius 1 is 1.18 bits per heavy atom. The summed E-state index contributed by atoms with van der Waals surface area (Å²) >= 11 is 0. The van der Waals surface area contributed by atoms with E-state index in [2.05, 4.69) is 15.2 Å². The Balaban J connectivity index is 1.81. The summed E-state index contributed by atoms with van der Waals surface area (Å²) in [6.07, 6.45) is 5.42. The first kappa shape index (κ1) is 13.3. The second-order valence-corrected chi connectivity index (χ2v) is 5.61. The number of nitrogens with one attached hydrogen (secondary N) is 1. The molecule has 0 radical (unpaired) electrons. The standard InChI is InChI=1S/C17H17N3O2/c21-15-6-2-1-5-11(15)14-9-12-13(10-18-17(12)20-19-14)16-7-3-4-8-22-16/h1-2,5-6,9-10,16,21H,3-4,7-8H2,(H,18,20). The number of phenolic OH excluding ortho intramolecular Hbond substituents is 1. The molecule has 1 aliphatic rings. The molecule has 3 aromatic rings. The Kier molecular flexibility index (Phi) is 3.27. The maximum absolute atomic E-state index is 10.0. The number of phenols is 1. The van der Waals surface area contributed by atoms with E-state index in [4.69, 9.17) is 4.74 Å². The van der Waals surface area contributed by atoms with Crippen molar-refractivity contribution in [3.05, 3.63) is 42.1 Å². The third-order valence-corrected chi connectivity index (χ3v) is 4.18.